The number of benzene rings is 2. The van der Waals surface area contributed by atoms with E-state index in [2.05, 4.69) is 26.9 Å². The van der Waals surface area contributed by atoms with Gasteiger partial charge in [-0.25, -0.2) is 0 Å². The molecule has 1 heterocycles. The maximum atomic E-state index is 11.5. The topological polar surface area (TPSA) is 40.5 Å². The van der Waals surface area contributed by atoms with Crippen LogP contribution in [0.15, 0.2) is 46.9 Å². The Morgan fingerprint density at radius 2 is 1.96 bits per heavy atom. The van der Waals surface area contributed by atoms with E-state index in [9.17, 15) is 9.90 Å². The van der Waals surface area contributed by atoms with E-state index in [1.807, 2.05) is 30.3 Å². The van der Waals surface area contributed by atoms with Gasteiger partial charge in [0.05, 0.1) is 22.0 Å². The first-order chi connectivity index (χ1) is 12.0. The zero-order valence-electron chi connectivity index (χ0n) is 13.5. The first-order valence-electron chi connectivity index (χ1n) is 8.13. The molecule has 3 nitrogen and oxygen atoms in total. The minimum absolute atomic E-state index is 0.0764. The predicted octanol–water partition coefficient (Wildman–Crippen LogP) is 5.64. The molecule has 0 aromatic heterocycles. The Balaban J connectivity index is 2.04. The van der Waals surface area contributed by atoms with E-state index in [0.29, 0.717) is 16.6 Å². The van der Waals surface area contributed by atoms with Gasteiger partial charge in [-0.15, -0.1) is 0 Å². The first-order valence-corrected chi connectivity index (χ1v) is 9.68. The number of likely N-dealkylation sites (tertiary alicyclic amines) is 1. The fourth-order valence-corrected chi connectivity index (χ4v) is 4.22. The van der Waals surface area contributed by atoms with Crippen LogP contribution in [0.1, 0.15) is 30.0 Å². The number of hydrogen-bond acceptors (Lipinski definition) is 2. The summed E-state index contributed by atoms with van der Waals surface area (Å²) in [6.07, 6.45) is 1.58. The highest BCUT2D eigenvalue weighted by atomic mass is 79.9. The predicted molar refractivity (Wildman–Crippen MR) is 104 cm³/mol. The second kappa shape index (κ2) is 8.09. The van der Waals surface area contributed by atoms with Gasteiger partial charge in [0.1, 0.15) is 0 Å². The molecule has 1 N–H and O–H groups in total. The summed E-state index contributed by atoms with van der Waals surface area (Å²) in [5.41, 5.74) is 2.10. The summed E-state index contributed by atoms with van der Waals surface area (Å²) in [4.78, 5) is 13.7. The lowest BCUT2D eigenvalue weighted by Gasteiger charge is -2.38. The molecular formula is C19H18BrCl2NO2. The van der Waals surface area contributed by atoms with Gasteiger partial charge in [0.25, 0.3) is 0 Å². The normalized spacial score (nSPS) is 19.6. The van der Waals surface area contributed by atoms with Gasteiger partial charge in [-0.05, 0) is 48.7 Å². The van der Waals surface area contributed by atoms with Crippen LogP contribution in [0, 0.1) is 5.92 Å². The lowest BCUT2D eigenvalue weighted by atomic mass is 9.91. The number of piperidine rings is 1. The van der Waals surface area contributed by atoms with Crippen LogP contribution in [-0.4, -0.2) is 29.1 Å². The first kappa shape index (κ1) is 18.7. The standard InChI is InChI=1S/C19H18BrCl2NO2/c20-15-6-2-1-5-14(15)18(12-7-8-16(21)17(22)10-12)23-9-3-4-13(11-23)19(24)25/h1-2,5-8,10,13,18H,3-4,9,11H2,(H,24,25). The van der Waals surface area contributed by atoms with Gasteiger partial charge in [0.15, 0.2) is 0 Å². The van der Waals surface area contributed by atoms with Crippen molar-refractivity contribution >= 4 is 45.1 Å². The summed E-state index contributed by atoms with van der Waals surface area (Å²) >= 11 is 16.0. The molecule has 0 aliphatic carbocycles. The van der Waals surface area contributed by atoms with Crippen LogP contribution in [-0.2, 0) is 4.79 Å². The molecule has 0 bridgehead atoms. The number of nitrogens with zero attached hydrogens (tertiary/aromatic N) is 1. The summed E-state index contributed by atoms with van der Waals surface area (Å²) in [5, 5.41) is 10.5. The Morgan fingerprint density at radius 3 is 2.64 bits per heavy atom. The highest BCUT2D eigenvalue weighted by molar-refractivity contribution is 9.10. The highest BCUT2D eigenvalue weighted by Crippen LogP contribution is 2.38. The van der Waals surface area contributed by atoms with Crippen molar-refractivity contribution in [2.24, 2.45) is 5.92 Å². The van der Waals surface area contributed by atoms with Gasteiger partial charge >= 0.3 is 5.97 Å². The molecule has 132 valence electrons. The van der Waals surface area contributed by atoms with Crippen molar-refractivity contribution in [1.82, 2.24) is 4.90 Å². The Kier molecular flexibility index (Phi) is 6.05. The minimum atomic E-state index is -0.732. The van der Waals surface area contributed by atoms with E-state index in [-0.39, 0.29) is 12.0 Å². The minimum Gasteiger partial charge on any atom is -0.481 e. The van der Waals surface area contributed by atoms with Crippen molar-refractivity contribution in [1.29, 1.82) is 0 Å². The number of aliphatic carboxylic acids is 1. The maximum Gasteiger partial charge on any atom is 0.307 e. The fraction of sp³-hybridized carbons (Fsp3) is 0.316. The molecule has 1 aliphatic rings. The number of rotatable bonds is 4. The van der Waals surface area contributed by atoms with Crippen molar-refractivity contribution in [2.45, 2.75) is 18.9 Å². The van der Waals surface area contributed by atoms with Crippen molar-refractivity contribution in [3.63, 3.8) is 0 Å². The molecule has 6 heteroatoms. The second-order valence-corrected chi connectivity index (χ2v) is 7.94. The molecule has 0 spiro atoms. The smallest absolute Gasteiger partial charge is 0.307 e. The lowest BCUT2D eigenvalue weighted by Crippen LogP contribution is -2.41. The van der Waals surface area contributed by atoms with E-state index >= 15 is 0 Å². The fourth-order valence-electron chi connectivity index (χ4n) is 3.41. The van der Waals surface area contributed by atoms with Gasteiger partial charge in [-0.1, -0.05) is 63.4 Å². The van der Waals surface area contributed by atoms with E-state index < -0.39 is 5.97 Å². The van der Waals surface area contributed by atoms with E-state index in [1.54, 1.807) is 6.07 Å². The Morgan fingerprint density at radius 1 is 1.20 bits per heavy atom. The number of hydrogen-bond donors (Lipinski definition) is 1. The molecular weight excluding hydrogens is 425 g/mol. The van der Waals surface area contributed by atoms with Crippen LogP contribution in [0.5, 0.6) is 0 Å². The van der Waals surface area contributed by atoms with Crippen LogP contribution in [0.2, 0.25) is 10.0 Å². The van der Waals surface area contributed by atoms with Crippen LogP contribution in [0.3, 0.4) is 0 Å². The average molecular weight is 443 g/mol. The maximum absolute atomic E-state index is 11.5. The van der Waals surface area contributed by atoms with Crippen molar-refractivity contribution < 1.29 is 9.90 Å². The summed E-state index contributed by atoms with van der Waals surface area (Å²) < 4.78 is 0.989. The van der Waals surface area contributed by atoms with Crippen molar-refractivity contribution in [3.05, 3.63) is 68.1 Å². The number of halogens is 3. The molecule has 2 unspecified atom stereocenters. The van der Waals surface area contributed by atoms with Crippen LogP contribution in [0.25, 0.3) is 0 Å². The van der Waals surface area contributed by atoms with Gasteiger partial charge in [-0.2, -0.15) is 0 Å². The Bertz CT molecular complexity index is 784. The molecule has 0 radical (unpaired) electrons. The van der Waals surface area contributed by atoms with Crippen LogP contribution in [0.4, 0.5) is 0 Å². The van der Waals surface area contributed by atoms with Gasteiger partial charge < -0.3 is 5.11 Å². The largest absolute Gasteiger partial charge is 0.481 e. The number of carboxylic acid groups (broad SMARTS) is 1. The third-order valence-corrected chi connectivity index (χ3v) is 6.09. The molecule has 3 rings (SSSR count). The SMILES string of the molecule is O=C(O)C1CCCN(C(c2ccc(Cl)c(Cl)c2)c2ccccc2Br)C1. The zero-order valence-corrected chi connectivity index (χ0v) is 16.6. The Labute approximate surface area is 165 Å². The quantitative estimate of drug-likeness (QED) is 0.665. The lowest BCUT2D eigenvalue weighted by molar-refractivity contribution is -0.143. The monoisotopic (exact) mass is 441 g/mol. The Hall–Kier alpha value is -1.07. The summed E-state index contributed by atoms with van der Waals surface area (Å²) in [6, 6.07) is 13.6. The molecule has 2 atom stereocenters. The van der Waals surface area contributed by atoms with E-state index in [4.69, 9.17) is 23.2 Å². The third kappa shape index (κ3) is 4.20. The average Bonchev–Trinajstić information content (AvgIpc) is 2.60. The van der Waals surface area contributed by atoms with E-state index in [0.717, 1.165) is 35.0 Å². The van der Waals surface area contributed by atoms with Crippen LogP contribution >= 0.6 is 39.1 Å². The van der Waals surface area contributed by atoms with Crippen LogP contribution < -0.4 is 0 Å². The number of carboxylic acids is 1. The molecule has 2 aromatic carbocycles. The van der Waals surface area contributed by atoms with E-state index in [1.165, 1.54) is 0 Å². The van der Waals surface area contributed by atoms with Gasteiger partial charge in [-0.3, -0.25) is 9.69 Å². The van der Waals surface area contributed by atoms with Gasteiger partial charge in [0.2, 0.25) is 0 Å². The molecule has 1 saturated heterocycles. The van der Waals surface area contributed by atoms with Crippen molar-refractivity contribution in [2.75, 3.05) is 13.1 Å². The molecule has 0 amide bonds. The number of carbonyl (C=O) groups is 1. The molecule has 1 fully saturated rings. The summed E-state index contributed by atoms with van der Waals surface area (Å²) in [6.45, 7) is 1.36. The molecule has 2 aromatic rings. The highest BCUT2D eigenvalue weighted by Gasteiger charge is 2.32. The third-order valence-electron chi connectivity index (χ3n) is 4.63. The molecule has 0 saturated carbocycles. The summed E-state index contributed by atoms with van der Waals surface area (Å²) in [5.74, 6) is -1.08. The van der Waals surface area contributed by atoms with Gasteiger partial charge in [0, 0.05) is 11.0 Å². The van der Waals surface area contributed by atoms with Crippen molar-refractivity contribution in [3.8, 4) is 0 Å². The molecule has 1 aliphatic heterocycles. The molecule has 25 heavy (non-hydrogen) atoms. The summed E-state index contributed by atoms with van der Waals surface area (Å²) in [7, 11) is 0. The second-order valence-electron chi connectivity index (χ2n) is 6.27. The zero-order chi connectivity index (χ0) is 18.0.